The number of nitrogens with zero attached hydrogens (tertiary/aromatic N) is 4. The van der Waals surface area contributed by atoms with Gasteiger partial charge in [-0.3, -0.25) is 0 Å². The fraction of sp³-hybridized carbons (Fsp3) is 0.667. The Labute approximate surface area is 51.4 Å². The predicted octanol–water partition coefficient (Wildman–Crippen LogP) is -0.0875. The van der Waals surface area contributed by atoms with Crippen molar-refractivity contribution in [3.63, 3.8) is 0 Å². The molecule has 0 spiro atoms. The highest BCUT2D eigenvalue weighted by molar-refractivity contribution is 5.66. The van der Waals surface area contributed by atoms with Crippen LogP contribution < -0.4 is 5.43 Å². The molecule has 1 radical (unpaired) electrons. The summed E-state index contributed by atoms with van der Waals surface area (Å²) in [4.78, 5) is 10.5. The summed E-state index contributed by atoms with van der Waals surface area (Å²) >= 11 is 0. The number of hydrogen-bond acceptors (Lipinski definition) is 4. The van der Waals surface area contributed by atoms with E-state index in [4.69, 9.17) is 0 Å². The average Bonchev–Trinajstić information content (AvgIpc) is 2.37. The molecule has 0 unspecified atom stereocenters. The maximum atomic E-state index is 10.5. The molecule has 6 nitrogen and oxygen atoms in total. The molecule has 1 heterocycles. The zero-order valence-electron chi connectivity index (χ0n) is 4.81. The molecule has 49 valence electrons. The van der Waals surface area contributed by atoms with E-state index < -0.39 is 6.09 Å². The molecular formula is C3H5N4O2. The van der Waals surface area contributed by atoms with Crippen molar-refractivity contribution >= 4 is 6.09 Å². The minimum Gasteiger partial charge on any atom is -0.451 e. The Kier molecular flexibility index (Phi) is 1.48. The van der Waals surface area contributed by atoms with Crippen molar-refractivity contribution in [2.75, 3.05) is 13.8 Å². The summed E-state index contributed by atoms with van der Waals surface area (Å²) in [6.45, 7) is 0.159. The van der Waals surface area contributed by atoms with Crippen molar-refractivity contribution in [2.24, 2.45) is 10.4 Å². The molecule has 0 fully saturated rings. The molecule has 6 heteroatoms. The highest BCUT2D eigenvalue weighted by Gasteiger charge is 2.16. The van der Waals surface area contributed by atoms with E-state index in [0.29, 0.717) is 0 Å². The second-order valence-corrected chi connectivity index (χ2v) is 1.33. The van der Waals surface area contributed by atoms with Gasteiger partial charge in [0.25, 0.3) is 0 Å². The number of methoxy groups -OCH3 is 1. The summed E-state index contributed by atoms with van der Waals surface area (Å²) in [6.07, 6.45) is -0.542. The first kappa shape index (κ1) is 5.80. The SMILES string of the molecule is COC(=O)N1C[N]N=N1. The number of carbonyl (C=O) groups excluding carboxylic acids is 1. The Morgan fingerprint density at radius 1 is 1.78 bits per heavy atom. The molecule has 0 bridgehead atoms. The molecule has 0 N–H and O–H groups in total. The second kappa shape index (κ2) is 2.29. The van der Waals surface area contributed by atoms with Crippen LogP contribution in [0.1, 0.15) is 0 Å². The minimum absolute atomic E-state index is 0.159. The van der Waals surface area contributed by atoms with Gasteiger partial charge in [0, 0.05) is 0 Å². The van der Waals surface area contributed by atoms with Crippen molar-refractivity contribution in [2.45, 2.75) is 0 Å². The molecule has 0 aliphatic carbocycles. The van der Waals surface area contributed by atoms with Gasteiger partial charge in [-0.2, -0.15) is 5.01 Å². The smallest absolute Gasteiger partial charge is 0.433 e. The predicted molar refractivity (Wildman–Crippen MR) is 26.1 cm³/mol. The van der Waals surface area contributed by atoms with Gasteiger partial charge in [0.05, 0.1) is 7.11 Å². The first-order chi connectivity index (χ1) is 4.34. The van der Waals surface area contributed by atoms with Crippen LogP contribution in [-0.4, -0.2) is 24.9 Å². The Morgan fingerprint density at radius 3 is 3.00 bits per heavy atom. The van der Waals surface area contributed by atoms with Gasteiger partial charge < -0.3 is 4.74 Å². The highest BCUT2D eigenvalue weighted by Crippen LogP contribution is 1.98. The van der Waals surface area contributed by atoms with Crippen molar-refractivity contribution in [1.29, 1.82) is 0 Å². The van der Waals surface area contributed by atoms with E-state index in [0.717, 1.165) is 5.01 Å². The molecule has 0 saturated heterocycles. The number of ether oxygens (including phenoxy) is 1. The zero-order valence-corrected chi connectivity index (χ0v) is 4.81. The van der Waals surface area contributed by atoms with Crippen LogP contribution in [0.15, 0.2) is 10.4 Å². The lowest BCUT2D eigenvalue weighted by molar-refractivity contribution is 0.128. The van der Waals surface area contributed by atoms with E-state index in [1.807, 2.05) is 0 Å². The normalized spacial score (nSPS) is 15.4. The van der Waals surface area contributed by atoms with Crippen LogP contribution in [0.2, 0.25) is 0 Å². The van der Waals surface area contributed by atoms with E-state index in [1.54, 1.807) is 0 Å². The van der Waals surface area contributed by atoms with Gasteiger partial charge in [-0.05, 0) is 10.4 Å². The average molecular weight is 129 g/mol. The van der Waals surface area contributed by atoms with Crippen molar-refractivity contribution < 1.29 is 9.53 Å². The number of amides is 1. The summed E-state index contributed by atoms with van der Waals surface area (Å²) < 4.78 is 4.31. The molecule has 0 aromatic rings. The second-order valence-electron chi connectivity index (χ2n) is 1.33. The van der Waals surface area contributed by atoms with E-state index in [1.165, 1.54) is 7.11 Å². The molecule has 1 rings (SSSR count). The Hall–Kier alpha value is -1.33. The molecule has 0 aromatic carbocycles. The van der Waals surface area contributed by atoms with Crippen LogP contribution in [0.4, 0.5) is 4.79 Å². The monoisotopic (exact) mass is 129 g/mol. The topological polar surface area (TPSA) is 68.4 Å². The lowest BCUT2D eigenvalue weighted by atomic mass is 10.9. The number of hydrogen-bond donors (Lipinski definition) is 0. The van der Waals surface area contributed by atoms with Crippen LogP contribution in [-0.2, 0) is 4.74 Å². The van der Waals surface area contributed by atoms with Crippen molar-refractivity contribution in [1.82, 2.24) is 10.4 Å². The minimum atomic E-state index is -0.542. The molecule has 0 saturated carbocycles. The number of carbonyl (C=O) groups is 1. The standard InChI is InChI=1S/C3H5N4O2/c1-9-3(8)7-2-4-5-6-7/h2H2,1H3. The first-order valence-corrected chi connectivity index (χ1v) is 2.27. The summed E-state index contributed by atoms with van der Waals surface area (Å²) in [5.41, 5.74) is 3.42. The fourth-order valence-corrected chi connectivity index (χ4v) is 0.393. The third-order valence-electron chi connectivity index (χ3n) is 0.794. The Bertz CT molecular complexity index is 145. The molecule has 0 aromatic heterocycles. The fourth-order valence-electron chi connectivity index (χ4n) is 0.393. The summed E-state index contributed by atoms with van der Waals surface area (Å²) in [5.74, 6) is 0. The molecule has 9 heavy (non-hydrogen) atoms. The van der Waals surface area contributed by atoms with Crippen LogP contribution in [0.5, 0.6) is 0 Å². The van der Waals surface area contributed by atoms with Gasteiger partial charge in [-0.1, -0.05) is 0 Å². The molecular weight excluding hydrogens is 124 g/mol. The Morgan fingerprint density at radius 2 is 2.56 bits per heavy atom. The van der Waals surface area contributed by atoms with Crippen molar-refractivity contribution in [3.8, 4) is 0 Å². The van der Waals surface area contributed by atoms with Gasteiger partial charge in [0.15, 0.2) is 6.67 Å². The zero-order chi connectivity index (χ0) is 6.69. The van der Waals surface area contributed by atoms with E-state index in [2.05, 4.69) is 20.6 Å². The maximum Gasteiger partial charge on any atom is 0.433 e. The van der Waals surface area contributed by atoms with Gasteiger partial charge in [-0.15, -0.1) is 5.43 Å². The summed E-state index contributed by atoms with van der Waals surface area (Å²) in [7, 11) is 1.27. The van der Waals surface area contributed by atoms with Crippen LogP contribution >= 0.6 is 0 Å². The maximum absolute atomic E-state index is 10.5. The molecule has 1 amide bonds. The largest absolute Gasteiger partial charge is 0.451 e. The number of rotatable bonds is 0. The van der Waals surface area contributed by atoms with Gasteiger partial charge >= 0.3 is 6.09 Å². The quantitative estimate of drug-likeness (QED) is 0.458. The van der Waals surface area contributed by atoms with E-state index in [-0.39, 0.29) is 6.67 Å². The van der Waals surface area contributed by atoms with Crippen LogP contribution in [0.25, 0.3) is 0 Å². The van der Waals surface area contributed by atoms with E-state index in [9.17, 15) is 4.79 Å². The van der Waals surface area contributed by atoms with Crippen molar-refractivity contribution in [3.05, 3.63) is 0 Å². The lowest BCUT2D eigenvalue weighted by Crippen LogP contribution is -2.25. The summed E-state index contributed by atoms with van der Waals surface area (Å²) in [5, 5.41) is 7.55. The molecule has 1 aliphatic heterocycles. The molecule has 1 aliphatic rings. The third kappa shape index (κ3) is 1.07. The molecule has 0 atom stereocenters. The summed E-state index contributed by atoms with van der Waals surface area (Å²) in [6, 6.07) is 0. The third-order valence-corrected chi connectivity index (χ3v) is 0.794. The van der Waals surface area contributed by atoms with Gasteiger partial charge in [-0.25, -0.2) is 4.79 Å². The van der Waals surface area contributed by atoms with Gasteiger partial charge in [0.1, 0.15) is 0 Å². The highest BCUT2D eigenvalue weighted by atomic mass is 16.5. The first-order valence-electron chi connectivity index (χ1n) is 2.27. The Balaban J connectivity index is 2.43. The lowest BCUT2D eigenvalue weighted by Gasteiger charge is -2.03. The van der Waals surface area contributed by atoms with Gasteiger partial charge in [0.2, 0.25) is 0 Å². The van der Waals surface area contributed by atoms with Crippen LogP contribution in [0, 0.1) is 0 Å². The van der Waals surface area contributed by atoms with Crippen LogP contribution in [0.3, 0.4) is 0 Å². The van der Waals surface area contributed by atoms with E-state index >= 15 is 0 Å².